The third kappa shape index (κ3) is 2.26. The maximum Gasteiger partial charge on any atom is 0.0544 e. The van der Waals surface area contributed by atoms with Gasteiger partial charge >= 0.3 is 0 Å². The summed E-state index contributed by atoms with van der Waals surface area (Å²) in [6.07, 6.45) is 0. The Morgan fingerprint density at radius 1 is 0.682 bits per heavy atom. The van der Waals surface area contributed by atoms with E-state index < -0.39 is 0 Å². The molecule has 0 aliphatic heterocycles. The summed E-state index contributed by atoms with van der Waals surface area (Å²) in [7, 11) is 0. The average Bonchev–Trinajstić information content (AvgIpc) is 2.95. The van der Waals surface area contributed by atoms with Crippen LogP contribution in [0.1, 0.15) is 0 Å². The molecule has 4 rings (SSSR count). The van der Waals surface area contributed by atoms with Gasteiger partial charge in [0.05, 0.1) is 5.69 Å². The molecule has 0 atom stereocenters. The molecule has 0 saturated heterocycles. The summed E-state index contributed by atoms with van der Waals surface area (Å²) in [5, 5.41) is 1.25. The lowest BCUT2D eigenvalue weighted by Crippen LogP contribution is -1.82. The normalized spacial score (nSPS) is 11.0. The minimum Gasteiger partial charge on any atom is -0.354 e. The molecule has 1 aromatic heterocycles. The molecule has 0 fully saturated rings. The van der Waals surface area contributed by atoms with Crippen LogP contribution in [-0.4, -0.2) is 4.98 Å². The van der Waals surface area contributed by atoms with Crippen LogP contribution in [0.3, 0.4) is 0 Å². The molecule has 3 aromatic carbocycles. The Hall–Kier alpha value is -2.32. The van der Waals surface area contributed by atoms with E-state index in [4.69, 9.17) is 0 Å². The maximum atomic E-state index is 3.58. The van der Waals surface area contributed by atoms with Crippen LogP contribution >= 0.6 is 15.9 Å². The van der Waals surface area contributed by atoms with Crippen molar-refractivity contribution in [2.45, 2.75) is 0 Å². The zero-order valence-corrected chi connectivity index (χ0v) is 13.5. The van der Waals surface area contributed by atoms with Crippen molar-refractivity contribution in [1.82, 2.24) is 4.98 Å². The Balaban J connectivity index is 2.07. The standard InChI is InChI=1S/C20H14BrN/c21-16-10-6-9-15(13-16)19-17-11-4-5-12-18(17)22-20(19)14-7-2-1-3-8-14/h1-13,22H. The Morgan fingerprint density at radius 2 is 1.41 bits per heavy atom. The van der Waals surface area contributed by atoms with Gasteiger partial charge in [0.25, 0.3) is 0 Å². The van der Waals surface area contributed by atoms with E-state index in [-0.39, 0.29) is 0 Å². The highest BCUT2D eigenvalue weighted by Crippen LogP contribution is 2.38. The highest BCUT2D eigenvalue weighted by atomic mass is 79.9. The van der Waals surface area contributed by atoms with E-state index in [1.54, 1.807) is 0 Å². The Bertz CT molecular complexity index is 938. The number of hydrogen-bond acceptors (Lipinski definition) is 0. The van der Waals surface area contributed by atoms with Crippen LogP contribution < -0.4 is 0 Å². The molecule has 0 spiro atoms. The molecule has 4 aromatic rings. The Morgan fingerprint density at radius 3 is 2.23 bits per heavy atom. The van der Waals surface area contributed by atoms with Gasteiger partial charge in [0.15, 0.2) is 0 Å². The van der Waals surface area contributed by atoms with Crippen LogP contribution in [-0.2, 0) is 0 Å². The second-order valence-electron chi connectivity index (χ2n) is 5.30. The number of aromatic nitrogens is 1. The molecule has 1 heterocycles. The van der Waals surface area contributed by atoms with Gasteiger partial charge < -0.3 is 4.98 Å². The van der Waals surface area contributed by atoms with Crippen LogP contribution in [0.5, 0.6) is 0 Å². The Kier molecular flexibility index (Phi) is 3.32. The molecule has 0 bridgehead atoms. The lowest BCUT2D eigenvalue weighted by molar-refractivity contribution is 1.45. The molecule has 0 saturated carbocycles. The van der Waals surface area contributed by atoms with Gasteiger partial charge in [0.1, 0.15) is 0 Å². The third-order valence-electron chi connectivity index (χ3n) is 3.88. The second-order valence-corrected chi connectivity index (χ2v) is 6.21. The largest absolute Gasteiger partial charge is 0.354 e. The summed E-state index contributed by atoms with van der Waals surface area (Å²) in [6.45, 7) is 0. The van der Waals surface area contributed by atoms with Crippen LogP contribution in [0, 0.1) is 0 Å². The molecule has 0 unspecified atom stereocenters. The molecule has 106 valence electrons. The van der Waals surface area contributed by atoms with Gasteiger partial charge in [-0.1, -0.05) is 76.6 Å². The molecule has 0 radical (unpaired) electrons. The fourth-order valence-corrected chi connectivity index (χ4v) is 3.31. The fraction of sp³-hybridized carbons (Fsp3) is 0. The van der Waals surface area contributed by atoms with Gasteiger partial charge in [0, 0.05) is 20.9 Å². The predicted molar refractivity (Wildman–Crippen MR) is 96.9 cm³/mol. The minimum atomic E-state index is 1.09. The number of hydrogen-bond donors (Lipinski definition) is 1. The number of rotatable bonds is 2. The first-order chi connectivity index (χ1) is 10.8. The van der Waals surface area contributed by atoms with Crippen molar-refractivity contribution < 1.29 is 0 Å². The van der Waals surface area contributed by atoms with E-state index in [2.05, 4.69) is 93.7 Å². The molecular formula is C20H14BrN. The summed E-state index contributed by atoms with van der Waals surface area (Å²) in [5.41, 5.74) is 6.00. The van der Waals surface area contributed by atoms with Crippen molar-refractivity contribution in [3.8, 4) is 22.4 Å². The van der Waals surface area contributed by atoms with Crippen molar-refractivity contribution in [2.24, 2.45) is 0 Å². The highest BCUT2D eigenvalue weighted by molar-refractivity contribution is 9.10. The monoisotopic (exact) mass is 347 g/mol. The SMILES string of the molecule is Brc1cccc(-c2c(-c3ccccc3)[nH]c3ccccc23)c1. The first kappa shape index (κ1) is 13.4. The van der Waals surface area contributed by atoms with Gasteiger partial charge in [-0.25, -0.2) is 0 Å². The zero-order chi connectivity index (χ0) is 14.9. The van der Waals surface area contributed by atoms with Crippen molar-refractivity contribution >= 4 is 26.8 Å². The minimum absolute atomic E-state index is 1.09. The second kappa shape index (κ2) is 5.47. The van der Waals surface area contributed by atoms with Gasteiger partial charge in [-0.2, -0.15) is 0 Å². The van der Waals surface area contributed by atoms with Crippen molar-refractivity contribution in [2.75, 3.05) is 0 Å². The number of aromatic amines is 1. The molecule has 0 amide bonds. The van der Waals surface area contributed by atoms with E-state index in [9.17, 15) is 0 Å². The van der Waals surface area contributed by atoms with Crippen LogP contribution in [0.2, 0.25) is 0 Å². The Labute approximate surface area is 137 Å². The zero-order valence-electron chi connectivity index (χ0n) is 11.9. The van der Waals surface area contributed by atoms with Gasteiger partial charge in [0.2, 0.25) is 0 Å². The number of halogens is 1. The number of H-pyrrole nitrogens is 1. The average molecular weight is 348 g/mol. The van der Waals surface area contributed by atoms with Gasteiger partial charge in [-0.15, -0.1) is 0 Å². The molecule has 0 aliphatic rings. The summed E-state index contributed by atoms with van der Waals surface area (Å²) in [6, 6.07) is 27.4. The summed E-state index contributed by atoms with van der Waals surface area (Å²) < 4.78 is 1.09. The number of benzene rings is 3. The maximum absolute atomic E-state index is 3.58. The van der Waals surface area contributed by atoms with Crippen molar-refractivity contribution in [3.05, 3.63) is 83.3 Å². The van der Waals surface area contributed by atoms with Crippen LogP contribution in [0.25, 0.3) is 33.3 Å². The first-order valence-electron chi connectivity index (χ1n) is 7.25. The van der Waals surface area contributed by atoms with E-state index in [1.165, 1.54) is 27.8 Å². The number of fused-ring (bicyclic) bond motifs is 1. The molecular weight excluding hydrogens is 334 g/mol. The molecule has 1 nitrogen and oxygen atoms in total. The van der Waals surface area contributed by atoms with Crippen LogP contribution in [0.4, 0.5) is 0 Å². The summed E-state index contributed by atoms with van der Waals surface area (Å²) in [5.74, 6) is 0. The fourth-order valence-electron chi connectivity index (χ4n) is 2.91. The lowest BCUT2D eigenvalue weighted by Gasteiger charge is -2.06. The van der Waals surface area contributed by atoms with Crippen LogP contribution in [0.15, 0.2) is 83.3 Å². The van der Waals surface area contributed by atoms with Gasteiger partial charge in [-0.3, -0.25) is 0 Å². The van der Waals surface area contributed by atoms with E-state index >= 15 is 0 Å². The lowest BCUT2D eigenvalue weighted by atomic mass is 9.98. The topological polar surface area (TPSA) is 15.8 Å². The van der Waals surface area contributed by atoms with Crippen molar-refractivity contribution in [3.63, 3.8) is 0 Å². The van der Waals surface area contributed by atoms with Crippen molar-refractivity contribution in [1.29, 1.82) is 0 Å². The summed E-state index contributed by atoms with van der Waals surface area (Å²) in [4.78, 5) is 3.58. The highest BCUT2D eigenvalue weighted by Gasteiger charge is 2.14. The molecule has 2 heteroatoms. The number of nitrogens with one attached hydrogen (secondary N) is 1. The van der Waals surface area contributed by atoms with E-state index in [0.717, 1.165) is 9.99 Å². The molecule has 0 aliphatic carbocycles. The van der Waals surface area contributed by atoms with E-state index in [1.807, 2.05) is 6.07 Å². The quantitative estimate of drug-likeness (QED) is 0.440. The number of para-hydroxylation sites is 1. The third-order valence-corrected chi connectivity index (χ3v) is 4.38. The predicted octanol–water partition coefficient (Wildman–Crippen LogP) is 6.26. The van der Waals surface area contributed by atoms with E-state index in [0.29, 0.717) is 0 Å². The van der Waals surface area contributed by atoms with Gasteiger partial charge in [-0.05, 0) is 29.3 Å². The first-order valence-corrected chi connectivity index (χ1v) is 8.04. The smallest absolute Gasteiger partial charge is 0.0544 e. The summed E-state index contributed by atoms with van der Waals surface area (Å²) >= 11 is 3.58. The molecule has 22 heavy (non-hydrogen) atoms. The molecule has 1 N–H and O–H groups in total.